The van der Waals surface area contributed by atoms with E-state index >= 15 is 0 Å². The van der Waals surface area contributed by atoms with Crippen molar-refractivity contribution in [1.29, 1.82) is 0 Å². The normalized spacial score (nSPS) is 19.8. The Labute approximate surface area is 91.4 Å². The summed E-state index contributed by atoms with van der Waals surface area (Å²) in [5.74, 6) is -2.46. The highest BCUT2D eigenvalue weighted by Gasteiger charge is 2.24. The Morgan fingerprint density at radius 1 is 1.44 bits per heavy atom. The molecular formula is C11H11F2NO2. The highest BCUT2D eigenvalue weighted by Crippen LogP contribution is 2.19. The fourth-order valence-electron chi connectivity index (χ4n) is 1.60. The molecule has 0 bridgehead atoms. The molecule has 1 aromatic rings. The van der Waals surface area contributed by atoms with Crippen molar-refractivity contribution in [3.8, 4) is 0 Å². The Hall–Kier alpha value is -1.49. The van der Waals surface area contributed by atoms with Crippen LogP contribution in [0.15, 0.2) is 18.2 Å². The third-order valence-corrected chi connectivity index (χ3v) is 2.43. The highest BCUT2D eigenvalue weighted by molar-refractivity contribution is 5.94. The summed E-state index contributed by atoms with van der Waals surface area (Å²) in [6.45, 7) is 0.531. The Morgan fingerprint density at radius 3 is 2.94 bits per heavy atom. The molecule has 1 fully saturated rings. The number of hydrogen-bond donors (Lipinski definition) is 1. The van der Waals surface area contributed by atoms with Crippen LogP contribution >= 0.6 is 0 Å². The van der Waals surface area contributed by atoms with Crippen LogP contribution in [0.5, 0.6) is 0 Å². The van der Waals surface area contributed by atoms with Gasteiger partial charge in [-0.2, -0.15) is 0 Å². The molecule has 2 rings (SSSR count). The first-order chi connectivity index (χ1) is 7.68. The van der Waals surface area contributed by atoms with Gasteiger partial charge in [-0.1, -0.05) is 6.07 Å². The standard InChI is InChI=1S/C11H11F2NO2/c12-7-3-1-4-8(10(7)13)14-11(15)9-5-2-6-16-9/h1,3-4,9H,2,5-6H2,(H,14,15). The lowest BCUT2D eigenvalue weighted by atomic mass is 10.2. The third-order valence-electron chi connectivity index (χ3n) is 2.43. The fourth-order valence-corrected chi connectivity index (χ4v) is 1.60. The number of benzene rings is 1. The van der Waals surface area contributed by atoms with Crippen molar-refractivity contribution in [2.75, 3.05) is 11.9 Å². The van der Waals surface area contributed by atoms with Gasteiger partial charge in [0.05, 0.1) is 5.69 Å². The first kappa shape index (κ1) is 11.0. The molecule has 1 N–H and O–H groups in total. The third kappa shape index (κ3) is 2.19. The van der Waals surface area contributed by atoms with Crippen molar-refractivity contribution >= 4 is 11.6 Å². The Bertz CT molecular complexity index is 403. The fraction of sp³-hybridized carbons (Fsp3) is 0.364. The van der Waals surface area contributed by atoms with E-state index in [9.17, 15) is 13.6 Å². The van der Waals surface area contributed by atoms with Crippen LogP contribution in [-0.2, 0) is 9.53 Å². The van der Waals surface area contributed by atoms with Gasteiger partial charge >= 0.3 is 0 Å². The zero-order valence-corrected chi connectivity index (χ0v) is 8.50. The summed E-state index contributed by atoms with van der Waals surface area (Å²) >= 11 is 0. The summed E-state index contributed by atoms with van der Waals surface area (Å²) in [5.41, 5.74) is -0.152. The minimum absolute atomic E-state index is 0.152. The van der Waals surface area contributed by atoms with Crippen molar-refractivity contribution in [1.82, 2.24) is 0 Å². The second-order valence-electron chi connectivity index (χ2n) is 3.59. The average Bonchev–Trinajstić information content (AvgIpc) is 2.78. The SMILES string of the molecule is O=C(Nc1cccc(F)c1F)C1CCCO1. The number of hydrogen-bond acceptors (Lipinski definition) is 2. The maximum atomic E-state index is 13.2. The van der Waals surface area contributed by atoms with Crippen molar-refractivity contribution in [3.63, 3.8) is 0 Å². The van der Waals surface area contributed by atoms with Gasteiger partial charge in [-0.3, -0.25) is 4.79 Å². The molecule has 16 heavy (non-hydrogen) atoms. The van der Waals surface area contributed by atoms with Gasteiger partial charge in [-0.15, -0.1) is 0 Å². The van der Waals surface area contributed by atoms with Crippen LogP contribution in [0.1, 0.15) is 12.8 Å². The molecule has 5 heteroatoms. The Kier molecular flexibility index (Phi) is 3.14. The number of rotatable bonds is 2. The van der Waals surface area contributed by atoms with Gasteiger partial charge in [0.2, 0.25) is 0 Å². The van der Waals surface area contributed by atoms with Gasteiger partial charge < -0.3 is 10.1 Å². The number of anilines is 1. The molecule has 0 spiro atoms. The monoisotopic (exact) mass is 227 g/mol. The van der Waals surface area contributed by atoms with Crippen LogP contribution in [0, 0.1) is 11.6 Å². The molecule has 0 aliphatic carbocycles. The summed E-state index contributed by atoms with van der Waals surface area (Å²) in [6.07, 6.45) is 0.870. The van der Waals surface area contributed by atoms with Crippen LogP contribution in [0.4, 0.5) is 14.5 Å². The molecular weight excluding hydrogens is 216 g/mol. The predicted molar refractivity (Wildman–Crippen MR) is 54.0 cm³/mol. The molecule has 1 aliphatic rings. The van der Waals surface area contributed by atoms with E-state index in [1.165, 1.54) is 12.1 Å². The quantitative estimate of drug-likeness (QED) is 0.840. The van der Waals surface area contributed by atoms with E-state index in [0.717, 1.165) is 12.5 Å². The number of carbonyl (C=O) groups excluding carboxylic acids is 1. The molecule has 1 heterocycles. The Morgan fingerprint density at radius 2 is 2.25 bits per heavy atom. The minimum atomic E-state index is -1.05. The van der Waals surface area contributed by atoms with Gasteiger partial charge in [-0.05, 0) is 25.0 Å². The van der Waals surface area contributed by atoms with Crippen molar-refractivity contribution < 1.29 is 18.3 Å². The summed E-state index contributed by atoms with van der Waals surface area (Å²) < 4.78 is 31.2. The second-order valence-corrected chi connectivity index (χ2v) is 3.59. The van der Waals surface area contributed by atoms with E-state index in [4.69, 9.17) is 4.74 Å². The summed E-state index contributed by atoms with van der Waals surface area (Å²) in [5, 5.41) is 2.31. The molecule has 0 saturated carbocycles. The maximum Gasteiger partial charge on any atom is 0.253 e. The molecule has 1 atom stereocenters. The number of carbonyl (C=O) groups is 1. The molecule has 1 aliphatic heterocycles. The van der Waals surface area contributed by atoms with E-state index in [-0.39, 0.29) is 5.69 Å². The highest BCUT2D eigenvalue weighted by atomic mass is 19.2. The lowest BCUT2D eigenvalue weighted by molar-refractivity contribution is -0.124. The predicted octanol–water partition coefficient (Wildman–Crippen LogP) is 2.08. The smallest absolute Gasteiger partial charge is 0.253 e. The summed E-state index contributed by atoms with van der Waals surface area (Å²) in [4.78, 5) is 11.6. The molecule has 1 saturated heterocycles. The van der Waals surface area contributed by atoms with Crippen LogP contribution in [-0.4, -0.2) is 18.6 Å². The first-order valence-corrected chi connectivity index (χ1v) is 5.05. The van der Waals surface area contributed by atoms with Crippen LogP contribution in [0.25, 0.3) is 0 Å². The van der Waals surface area contributed by atoms with E-state index in [1.807, 2.05) is 0 Å². The van der Waals surface area contributed by atoms with Gasteiger partial charge in [0, 0.05) is 6.61 Å². The summed E-state index contributed by atoms with van der Waals surface area (Å²) in [7, 11) is 0. The molecule has 0 radical (unpaired) electrons. The van der Waals surface area contributed by atoms with Crippen LogP contribution < -0.4 is 5.32 Å². The zero-order chi connectivity index (χ0) is 11.5. The maximum absolute atomic E-state index is 13.2. The molecule has 1 unspecified atom stereocenters. The van der Waals surface area contributed by atoms with Crippen LogP contribution in [0.3, 0.4) is 0 Å². The van der Waals surface area contributed by atoms with Crippen molar-refractivity contribution in [2.24, 2.45) is 0 Å². The van der Waals surface area contributed by atoms with E-state index in [0.29, 0.717) is 13.0 Å². The molecule has 1 amide bonds. The average molecular weight is 227 g/mol. The summed E-state index contributed by atoms with van der Waals surface area (Å²) in [6, 6.07) is 3.64. The van der Waals surface area contributed by atoms with Gasteiger partial charge in [0.1, 0.15) is 6.10 Å². The van der Waals surface area contributed by atoms with E-state index < -0.39 is 23.6 Å². The van der Waals surface area contributed by atoms with Crippen molar-refractivity contribution in [2.45, 2.75) is 18.9 Å². The second kappa shape index (κ2) is 4.57. The van der Waals surface area contributed by atoms with Crippen molar-refractivity contribution in [3.05, 3.63) is 29.8 Å². The molecule has 0 aromatic heterocycles. The minimum Gasteiger partial charge on any atom is -0.368 e. The van der Waals surface area contributed by atoms with Gasteiger partial charge in [-0.25, -0.2) is 8.78 Å². The number of halogens is 2. The topological polar surface area (TPSA) is 38.3 Å². The number of nitrogens with one attached hydrogen (secondary N) is 1. The first-order valence-electron chi connectivity index (χ1n) is 5.05. The molecule has 3 nitrogen and oxygen atoms in total. The largest absolute Gasteiger partial charge is 0.368 e. The van der Waals surface area contributed by atoms with E-state index in [1.54, 1.807) is 0 Å². The van der Waals surface area contributed by atoms with E-state index in [2.05, 4.69) is 5.32 Å². The van der Waals surface area contributed by atoms with Gasteiger partial charge in [0.15, 0.2) is 11.6 Å². The van der Waals surface area contributed by atoms with Crippen LogP contribution in [0.2, 0.25) is 0 Å². The van der Waals surface area contributed by atoms with Gasteiger partial charge in [0.25, 0.3) is 5.91 Å². The zero-order valence-electron chi connectivity index (χ0n) is 8.50. The number of ether oxygens (including phenoxy) is 1. The molecule has 1 aromatic carbocycles. The lowest BCUT2D eigenvalue weighted by Crippen LogP contribution is -2.27. The number of amides is 1. The Balaban J connectivity index is 2.08. The lowest BCUT2D eigenvalue weighted by Gasteiger charge is -2.10. The molecule has 86 valence electrons.